The average Bonchev–Trinajstić information content (AvgIpc) is 3.13. The number of fused-ring (bicyclic) bond motifs is 1. The molecule has 0 saturated heterocycles. The lowest BCUT2D eigenvalue weighted by Crippen LogP contribution is -2.28. The highest BCUT2D eigenvalue weighted by Crippen LogP contribution is 2.38. The van der Waals surface area contributed by atoms with Gasteiger partial charge in [-0.1, -0.05) is 6.07 Å². The van der Waals surface area contributed by atoms with Crippen LogP contribution in [0.25, 0.3) is 0 Å². The van der Waals surface area contributed by atoms with E-state index in [1.807, 2.05) is 11.0 Å². The van der Waals surface area contributed by atoms with E-state index in [9.17, 15) is 13.2 Å². The van der Waals surface area contributed by atoms with Crippen LogP contribution in [0.1, 0.15) is 17.5 Å². The molecular formula is C17H17F3N6. The summed E-state index contributed by atoms with van der Waals surface area (Å²) in [4.78, 5) is 10.5. The number of aromatic nitrogens is 2. The first-order valence-electron chi connectivity index (χ1n) is 8.27. The largest absolute Gasteiger partial charge is 0.416 e. The van der Waals surface area contributed by atoms with Crippen LogP contribution in [0.3, 0.4) is 0 Å². The van der Waals surface area contributed by atoms with Crippen LogP contribution in [-0.2, 0) is 12.6 Å². The Kier molecular flexibility index (Phi) is 4.15. The summed E-state index contributed by atoms with van der Waals surface area (Å²) in [5, 5.41) is 3.04. The van der Waals surface area contributed by atoms with E-state index in [2.05, 4.69) is 26.1 Å². The molecule has 6 nitrogen and oxygen atoms in total. The number of nitrogens with zero attached hydrogens (tertiary/aromatic N) is 3. The zero-order chi connectivity index (χ0) is 18.1. The Morgan fingerprint density at radius 2 is 2.08 bits per heavy atom. The molecule has 0 saturated carbocycles. The second-order valence-corrected chi connectivity index (χ2v) is 6.08. The van der Waals surface area contributed by atoms with Crippen LogP contribution < -0.4 is 21.1 Å². The number of halogens is 3. The summed E-state index contributed by atoms with van der Waals surface area (Å²) >= 11 is 0. The predicted octanol–water partition coefficient (Wildman–Crippen LogP) is 2.94. The maximum absolute atomic E-state index is 13.1. The maximum atomic E-state index is 13.1. The molecule has 3 N–H and O–H groups in total. The van der Waals surface area contributed by atoms with Crippen LogP contribution >= 0.6 is 0 Å². The monoisotopic (exact) mass is 362 g/mol. The third kappa shape index (κ3) is 3.30. The molecule has 3 heterocycles. The maximum Gasteiger partial charge on any atom is 0.416 e. The molecule has 0 aliphatic carbocycles. The molecule has 0 amide bonds. The Morgan fingerprint density at radius 1 is 1.19 bits per heavy atom. The van der Waals surface area contributed by atoms with Gasteiger partial charge in [0.15, 0.2) is 0 Å². The van der Waals surface area contributed by atoms with Gasteiger partial charge in [0.1, 0.15) is 11.6 Å². The van der Waals surface area contributed by atoms with E-state index < -0.39 is 11.7 Å². The number of alkyl halides is 3. The topological polar surface area (TPSA) is 65.1 Å². The molecule has 136 valence electrons. The third-order valence-electron chi connectivity index (χ3n) is 4.33. The summed E-state index contributed by atoms with van der Waals surface area (Å²) in [7, 11) is 0. The van der Waals surface area contributed by atoms with Crippen molar-refractivity contribution in [1.29, 1.82) is 0 Å². The normalized spacial score (nSPS) is 16.7. The fraction of sp³-hybridized carbons (Fsp3) is 0.294. The first-order valence-corrected chi connectivity index (χ1v) is 8.27. The van der Waals surface area contributed by atoms with Gasteiger partial charge in [-0.2, -0.15) is 18.2 Å². The molecule has 2 aromatic rings. The summed E-state index contributed by atoms with van der Waals surface area (Å²) in [6, 6.07) is 5.61. The third-order valence-corrected chi connectivity index (χ3v) is 4.33. The van der Waals surface area contributed by atoms with Crippen molar-refractivity contribution < 1.29 is 13.2 Å². The fourth-order valence-electron chi connectivity index (χ4n) is 3.10. The van der Waals surface area contributed by atoms with E-state index in [1.165, 1.54) is 6.07 Å². The molecule has 1 aromatic carbocycles. The molecule has 26 heavy (non-hydrogen) atoms. The van der Waals surface area contributed by atoms with Gasteiger partial charge in [-0.05, 0) is 42.7 Å². The minimum atomic E-state index is -4.37. The molecule has 0 atom stereocenters. The highest BCUT2D eigenvalue weighted by molar-refractivity contribution is 5.67. The number of benzene rings is 1. The van der Waals surface area contributed by atoms with Crippen LogP contribution in [0.2, 0.25) is 0 Å². The number of hydrogen-bond donors (Lipinski definition) is 3. The van der Waals surface area contributed by atoms with Crippen molar-refractivity contribution in [3.63, 3.8) is 0 Å². The summed E-state index contributed by atoms with van der Waals surface area (Å²) in [5.74, 6) is 1.68. The second-order valence-electron chi connectivity index (χ2n) is 6.08. The zero-order valence-electron chi connectivity index (χ0n) is 13.8. The number of hydrogen-bond acceptors (Lipinski definition) is 6. The van der Waals surface area contributed by atoms with Crippen molar-refractivity contribution in [2.24, 2.45) is 0 Å². The quantitative estimate of drug-likeness (QED) is 0.780. The Hall–Kier alpha value is -2.81. The number of nitrogens with one attached hydrogen (secondary N) is 3. The lowest BCUT2D eigenvalue weighted by molar-refractivity contribution is -0.137. The van der Waals surface area contributed by atoms with Crippen molar-refractivity contribution >= 4 is 17.5 Å². The first kappa shape index (κ1) is 16.6. The minimum absolute atomic E-state index is 0.379. The molecular weight excluding hydrogens is 345 g/mol. The van der Waals surface area contributed by atoms with Crippen molar-refractivity contribution in [3.05, 3.63) is 53.5 Å². The molecule has 1 aromatic heterocycles. The summed E-state index contributed by atoms with van der Waals surface area (Å²) in [5.41, 5.74) is 6.64. The van der Waals surface area contributed by atoms with E-state index in [-0.39, 0.29) is 0 Å². The van der Waals surface area contributed by atoms with Gasteiger partial charge in [0, 0.05) is 25.0 Å². The van der Waals surface area contributed by atoms with Crippen LogP contribution in [0.5, 0.6) is 0 Å². The fourth-order valence-corrected chi connectivity index (χ4v) is 3.10. The van der Waals surface area contributed by atoms with Gasteiger partial charge in [0.05, 0.1) is 5.56 Å². The molecule has 0 unspecified atom stereocenters. The van der Waals surface area contributed by atoms with Crippen LogP contribution in [-0.4, -0.2) is 23.1 Å². The molecule has 0 fully saturated rings. The van der Waals surface area contributed by atoms with Crippen molar-refractivity contribution in [2.75, 3.05) is 23.3 Å². The van der Waals surface area contributed by atoms with Gasteiger partial charge in [0.25, 0.3) is 0 Å². The van der Waals surface area contributed by atoms with Gasteiger partial charge < -0.3 is 15.6 Å². The van der Waals surface area contributed by atoms with Crippen molar-refractivity contribution in [1.82, 2.24) is 20.8 Å². The van der Waals surface area contributed by atoms with Gasteiger partial charge in [-0.15, -0.1) is 0 Å². The second kappa shape index (κ2) is 6.49. The van der Waals surface area contributed by atoms with Crippen LogP contribution in [0.15, 0.2) is 42.4 Å². The van der Waals surface area contributed by atoms with Crippen molar-refractivity contribution in [2.45, 2.75) is 19.0 Å². The molecule has 0 spiro atoms. The van der Waals surface area contributed by atoms with Gasteiger partial charge in [-0.25, -0.2) is 10.4 Å². The van der Waals surface area contributed by atoms with E-state index in [1.54, 1.807) is 18.3 Å². The number of hydrazine groups is 1. The number of anilines is 3. The van der Waals surface area contributed by atoms with Crippen molar-refractivity contribution in [3.8, 4) is 0 Å². The van der Waals surface area contributed by atoms with Gasteiger partial charge in [0.2, 0.25) is 5.95 Å². The van der Waals surface area contributed by atoms with E-state index in [0.29, 0.717) is 30.5 Å². The van der Waals surface area contributed by atoms with E-state index in [0.717, 1.165) is 30.3 Å². The standard InChI is InChI=1S/C17H17F3N6/c18-17(19,20)12-4-3-11-2-1-9-26(13(11)10-12)15-6-7-21-16(24-15)23-14-5-8-22-25-14/h3-7,10,22,25H,1-2,8-9H2,(H,21,23,24). The average molecular weight is 362 g/mol. The first-order chi connectivity index (χ1) is 12.5. The minimum Gasteiger partial charge on any atom is -0.326 e. The van der Waals surface area contributed by atoms with Crippen LogP contribution in [0, 0.1) is 0 Å². The summed E-state index contributed by atoms with van der Waals surface area (Å²) in [6.45, 7) is 1.29. The molecule has 0 radical (unpaired) electrons. The molecule has 4 rings (SSSR count). The Bertz CT molecular complexity index is 849. The molecule has 0 bridgehead atoms. The Morgan fingerprint density at radius 3 is 2.85 bits per heavy atom. The van der Waals surface area contributed by atoms with E-state index >= 15 is 0 Å². The number of rotatable bonds is 3. The lowest BCUT2D eigenvalue weighted by Gasteiger charge is -2.31. The SMILES string of the molecule is FC(F)(F)c1ccc2c(c1)N(c1ccnc(NC3=CCNN3)n1)CCC2. The molecule has 9 heteroatoms. The number of aryl methyl sites for hydroxylation is 1. The van der Waals surface area contributed by atoms with Crippen LogP contribution in [0.4, 0.5) is 30.6 Å². The zero-order valence-corrected chi connectivity index (χ0v) is 13.8. The highest BCUT2D eigenvalue weighted by Gasteiger charge is 2.32. The lowest BCUT2D eigenvalue weighted by atomic mass is 9.99. The van der Waals surface area contributed by atoms with Gasteiger partial charge in [-0.3, -0.25) is 0 Å². The highest BCUT2D eigenvalue weighted by atomic mass is 19.4. The van der Waals surface area contributed by atoms with Gasteiger partial charge >= 0.3 is 6.18 Å². The predicted molar refractivity (Wildman–Crippen MR) is 91.6 cm³/mol. The smallest absolute Gasteiger partial charge is 0.326 e. The van der Waals surface area contributed by atoms with E-state index in [4.69, 9.17) is 0 Å². The molecule has 2 aliphatic heterocycles. The Balaban J connectivity index is 1.67. The molecule has 2 aliphatic rings. The summed E-state index contributed by atoms with van der Waals surface area (Å²) in [6.07, 6.45) is 0.728. The Labute approximate surface area is 148 Å². The summed E-state index contributed by atoms with van der Waals surface area (Å²) < 4.78 is 39.3.